The molecule has 0 fully saturated rings. The Morgan fingerprint density at radius 2 is 1.72 bits per heavy atom. The average molecular weight is 416 g/mol. The Bertz CT molecular complexity index is 846. The van der Waals surface area contributed by atoms with Gasteiger partial charge in [0, 0.05) is 34.5 Å². The zero-order chi connectivity index (χ0) is 17.8. The summed E-state index contributed by atoms with van der Waals surface area (Å²) in [5, 5.41) is 2.02. The van der Waals surface area contributed by atoms with E-state index in [2.05, 4.69) is 4.98 Å². The molecule has 0 aliphatic carbocycles. The van der Waals surface area contributed by atoms with Crippen LogP contribution in [-0.4, -0.2) is 9.55 Å². The van der Waals surface area contributed by atoms with Gasteiger partial charge < -0.3 is 9.30 Å². The number of aryl methyl sites for hydroxylation is 2. The molecule has 1 aromatic heterocycles. The van der Waals surface area contributed by atoms with Crippen LogP contribution in [0.15, 0.2) is 49.1 Å². The minimum absolute atomic E-state index is 0.183. The summed E-state index contributed by atoms with van der Waals surface area (Å²) in [6.07, 6.45) is 6.14. The summed E-state index contributed by atoms with van der Waals surface area (Å²) < 4.78 is 7.82. The highest BCUT2D eigenvalue weighted by Crippen LogP contribution is 2.37. The lowest BCUT2D eigenvalue weighted by molar-refractivity contribution is 0.306. The van der Waals surface area contributed by atoms with E-state index in [0.717, 1.165) is 18.5 Å². The van der Waals surface area contributed by atoms with E-state index in [4.69, 9.17) is 51.1 Å². The topological polar surface area (TPSA) is 27.1 Å². The summed E-state index contributed by atoms with van der Waals surface area (Å²) in [4.78, 5) is 4.03. The van der Waals surface area contributed by atoms with Gasteiger partial charge in [-0.15, -0.1) is 0 Å². The largest absolute Gasteiger partial charge is 0.486 e. The van der Waals surface area contributed by atoms with Gasteiger partial charge in [0.1, 0.15) is 6.61 Å². The monoisotopic (exact) mass is 414 g/mol. The van der Waals surface area contributed by atoms with Gasteiger partial charge in [-0.2, -0.15) is 0 Å². The van der Waals surface area contributed by atoms with E-state index in [1.807, 2.05) is 16.8 Å². The van der Waals surface area contributed by atoms with Crippen molar-refractivity contribution in [2.75, 3.05) is 0 Å². The fraction of sp³-hybridized carbons (Fsp3) is 0.167. The van der Waals surface area contributed by atoms with Crippen molar-refractivity contribution in [1.82, 2.24) is 9.55 Å². The number of imidazole rings is 1. The third-order valence-corrected chi connectivity index (χ3v) is 5.17. The third kappa shape index (κ3) is 4.42. The van der Waals surface area contributed by atoms with Crippen molar-refractivity contribution in [1.29, 1.82) is 0 Å². The molecule has 7 heteroatoms. The van der Waals surface area contributed by atoms with Crippen molar-refractivity contribution in [2.45, 2.75) is 19.6 Å². The summed E-state index contributed by atoms with van der Waals surface area (Å²) >= 11 is 25.1. The van der Waals surface area contributed by atoms with Gasteiger partial charge in [0.15, 0.2) is 5.75 Å². The second-order valence-electron chi connectivity index (χ2n) is 5.39. The molecule has 0 aliphatic heterocycles. The molecule has 1 heterocycles. The molecule has 0 N–H and O–H groups in total. The molecular formula is C18H14Cl4N2O. The lowest BCUT2D eigenvalue weighted by atomic mass is 10.1. The summed E-state index contributed by atoms with van der Waals surface area (Å²) in [6, 6.07) is 8.98. The van der Waals surface area contributed by atoms with Crippen LogP contribution in [-0.2, 0) is 19.6 Å². The maximum absolute atomic E-state index is 6.50. The molecule has 2 aromatic carbocycles. The molecule has 130 valence electrons. The molecule has 0 radical (unpaired) electrons. The number of rotatable bonds is 6. The number of hydrogen-bond acceptors (Lipinski definition) is 2. The predicted octanol–water partition coefficient (Wildman–Crippen LogP) is 6.32. The Balaban J connectivity index is 1.77. The highest BCUT2D eigenvalue weighted by molar-refractivity contribution is 6.37. The summed E-state index contributed by atoms with van der Waals surface area (Å²) in [7, 11) is 0. The van der Waals surface area contributed by atoms with Crippen molar-refractivity contribution >= 4 is 46.4 Å². The van der Waals surface area contributed by atoms with E-state index in [-0.39, 0.29) is 6.61 Å². The Hall–Kier alpha value is -1.39. The molecule has 0 amide bonds. The van der Waals surface area contributed by atoms with Gasteiger partial charge in [-0.1, -0.05) is 58.5 Å². The zero-order valence-corrected chi connectivity index (χ0v) is 16.1. The van der Waals surface area contributed by atoms with Crippen LogP contribution in [0, 0.1) is 0 Å². The molecule has 0 saturated carbocycles. The van der Waals surface area contributed by atoms with E-state index < -0.39 is 0 Å². The molecule has 0 spiro atoms. The standard InChI is InChI=1S/C18H14Cl4N2O/c19-14-2-1-3-15(20)13(14)10-25-18-16(21)5-4-12(17(18)22)6-8-24-9-7-23-11-24/h1-5,7,9,11H,6,8,10H2. The van der Waals surface area contributed by atoms with E-state index in [0.29, 0.717) is 31.4 Å². The van der Waals surface area contributed by atoms with Gasteiger partial charge in [-0.25, -0.2) is 4.98 Å². The smallest absolute Gasteiger partial charge is 0.157 e. The molecule has 0 atom stereocenters. The lowest BCUT2D eigenvalue weighted by Crippen LogP contribution is -2.02. The maximum atomic E-state index is 6.50. The fourth-order valence-electron chi connectivity index (χ4n) is 2.38. The predicted molar refractivity (Wildman–Crippen MR) is 103 cm³/mol. The third-order valence-electron chi connectivity index (χ3n) is 3.75. The number of benzene rings is 2. The van der Waals surface area contributed by atoms with Crippen LogP contribution in [0.4, 0.5) is 0 Å². The Kier molecular flexibility index (Phi) is 6.13. The number of hydrogen-bond donors (Lipinski definition) is 0. The molecule has 0 unspecified atom stereocenters. The quantitative estimate of drug-likeness (QED) is 0.471. The highest BCUT2D eigenvalue weighted by atomic mass is 35.5. The molecule has 0 saturated heterocycles. The van der Waals surface area contributed by atoms with Crippen molar-refractivity contribution in [3.63, 3.8) is 0 Å². The van der Waals surface area contributed by atoms with Crippen LogP contribution in [0.1, 0.15) is 11.1 Å². The number of halogens is 4. The second-order valence-corrected chi connectivity index (χ2v) is 6.99. The highest BCUT2D eigenvalue weighted by Gasteiger charge is 2.14. The van der Waals surface area contributed by atoms with Crippen LogP contribution in [0.25, 0.3) is 0 Å². The summed E-state index contributed by atoms with van der Waals surface area (Å²) in [5.74, 6) is 0.433. The molecule has 25 heavy (non-hydrogen) atoms. The Morgan fingerprint density at radius 1 is 0.960 bits per heavy atom. The molecular weight excluding hydrogens is 402 g/mol. The van der Waals surface area contributed by atoms with Gasteiger partial charge in [0.05, 0.1) is 16.4 Å². The first kappa shape index (κ1) is 18.4. The van der Waals surface area contributed by atoms with E-state index >= 15 is 0 Å². The number of aromatic nitrogens is 2. The van der Waals surface area contributed by atoms with Gasteiger partial charge in [-0.05, 0) is 30.2 Å². The molecule has 3 rings (SSSR count). The second kappa shape index (κ2) is 8.33. The van der Waals surface area contributed by atoms with E-state index in [9.17, 15) is 0 Å². The molecule has 3 aromatic rings. The minimum atomic E-state index is 0.183. The first-order chi connectivity index (χ1) is 12.1. The minimum Gasteiger partial charge on any atom is -0.486 e. The maximum Gasteiger partial charge on any atom is 0.157 e. The van der Waals surface area contributed by atoms with Crippen molar-refractivity contribution in [3.05, 3.63) is 80.3 Å². The average Bonchev–Trinajstić information content (AvgIpc) is 3.09. The van der Waals surface area contributed by atoms with Gasteiger partial charge in [0.2, 0.25) is 0 Å². The van der Waals surface area contributed by atoms with Crippen molar-refractivity contribution < 1.29 is 4.74 Å². The van der Waals surface area contributed by atoms with Crippen molar-refractivity contribution in [2.24, 2.45) is 0 Å². The molecule has 0 bridgehead atoms. The van der Waals surface area contributed by atoms with E-state index in [1.165, 1.54) is 0 Å². The Morgan fingerprint density at radius 3 is 2.40 bits per heavy atom. The lowest BCUT2D eigenvalue weighted by Gasteiger charge is -2.14. The van der Waals surface area contributed by atoms with Crippen LogP contribution in [0.5, 0.6) is 5.75 Å². The van der Waals surface area contributed by atoms with Crippen molar-refractivity contribution in [3.8, 4) is 5.75 Å². The first-order valence-corrected chi connectivity index (χ1v) is 9.05. The van der Waals surface area contributed by atoms with Crippen LogP contribution in [0.2, 0.25) is 20.1 Å². The zero-order valence-electron chi connectivity index (χ0n) is 13.1. The SMILES string of the molecule is Clc1cccc(Cl)c1COc1c(Cl)ccc(CCn2ccnc2)c1Cl. The summed E-state index contributed by atoms with van der Waals surface area (Å²) in [5.41, 5.74) is 1.64. The molecule has 3 nitrogen and oxygen atoms in total. The Labute approximate surface area is 166 Å². The van der Waals surface area contributed by atoms with Gasteiger partial charge in [-0.3, -0.25) is 0 Å². The van der Waals surface area contributed by atoms with Crippen LogP contribution < -0.4 is 4.74 Å². The first-order valence-electron chi connectivity index (χ1n) is 7.54. The number of nitrogens with zero attached hydrogens (tertiary/aromatic N) is 2. The van der Waals surface area contributed by atoms with Gasteiger partial charge >= 0.3 is 0 Å². The van der Waals surface area contributed by atoms with Crippen LogP contribution in [0.3, 0.4) is 0 Å². The summed E-state index contributed by atoms with van der Waals surface area (Å²) in [6.45, 7) is 0.944. The van der Waals surface area contributed by atoms with E-state index in [1.54, 1.807) is 36.8 Å². The fourth-order valence-corrected chi connectivity index (χ4v) is 3.46. The number of ether oxygens (including phenoxy) is 1. The van der Waals surface area contributed by atoms with Gasteiger partial charge in [0.25, 0.3) is 0 Å². The van der Waals surface area contributed by atoms with Crippen LogP contribution >= 0.6 is 46.4 Å². The molecule has 0 aliphatic rings. The normalized spacial score (nSPS) is 10.9.